The third-order valence-electron chi connectivity index (χ3n) is 5.18. The van der Waals surface area contributed by atoms with Crippen molar-refractivity contribution >= 4 is 11.6 Å². The third kappa shape index (κ3) is 4.74. The van der Waals surface area contributed by atoms with E-state index in [9.17, 15) is 9.18 Å². The second-order valence-corrected chi connectivity index (χ2v) is 7.32. The van der Waals surface area contributed by atoms with Crippen LogP contribution in [0.15, 0.2) is 84.0 Å². The van der Waals surface area contributed by atoms with Crippen molar-refractivity contribution in [3.8, 4) is 5.75 Å². The van der Waals surface area contributed by atoms with Crippen LogP contribution in [0, 0.1) is 5.82 Å². The summed E-state index contributed by atoms with van der Waals surface area (Å²) in [5.41, 5.74) is 2.63. The van der Waals surface area contributed by atoms with Crippen LogP contribution in [0.2, 0.25) is 0 Å². The number of benzene rings is 3. The minimum absolute atomic E-state index is 0.0438. The number of halogens is 1. The topological polar surface area (TPSA) is 51.1 Å². The summed E-state index contributed by atoms with van der Waals surface area (Å²) in [5.74, 6) is -0.200. The first-order valence-electron chi connectivity index (χ1n) is 10.1. The van der Waals surface area contributed by atoms with Gasteiger partial charge in [0.05, 0.1) is 24.9 Å². The van der Waals surface area contributed by atoms with Crippen LogP contribution < -0.4 is 4.74 Å². The molecule has 1 heterocycles. The maximum absolute atomic E-state index is 14.3. The van der Waals surface area contributed by atoms with Gasteiger partial charge in [-0.15, -0.1) is 0 Å². The third-order valence-corrected chi connectivity index (χ3v) is 5.18. The summed E-state index contributed by atoms with van der Waals surface area (Å²) in [5, 5.41) is 4.23. The van der Waals surface area contributed by atoms with Crippen LogP contribution in [0.25, 0.3) is 0 Å². The van der Waals surface area contributed by atoms with Gasteiger partial charge in [0, 0.05) is 18.5 Å². The normalized spacial score (nSPS) is 15.2. The minimum Gasteiger partial charge on any atom is -0.496 e. The van der Waals surface area contributed by atoms with E-state index in [1.807, 2.05) is 54.6 Å². The number of para-hydroxylation sites is 1. The van der Waals surface area contributed by atoms with Crippen molar-refractivity contribution in [1.82, 2.24) is 4.90 Å². The first kappa shape index (κ1) is 20.6. The highest BCUT2D eigenvalue weighted by Gasteiger charge is 2.29. The highest BCUT2D eigenvalue weighted by Crippen LogP contribution is 2.25. The number of hydrogen-bond acceptors (Lipinski definition) is 4. The second kappa shape index (κ2) is 9.43. The van der Waals surface area contributed by atoms with E-state index in [0.717, 1.165) is 16.8 Å². The van der Waals surface area contributed by atoms with E-state index in [2.05, 4.69) is 5.16 Å². The predicted octanol–water partition coefficient (Wildman–Crippen LogP) is 4.67. The molecule has 0 radical (unpaired) electrons. The van der Waals surface area contributed by atoms with Gasteiger partial charge in [0.15, 0.2) is 6.10 Å². The molecule has 0 spiro atoms. The summed E-state index contributed by atoms with van der Waals surface area (Å²) in [6.45, 7) is 0.627. The Morgan fingerprint density at radius 2 is 1.77 bits per heavy atom. The molecule has 4 rings (SSSR count). The lowest BCUT2D eigenvalue weighted by atomic mass is 10.0. The van der Waals surface area contributed by atoms with Gasteiger partial charge in [0.1, 0.15) is 11.6 Å². The lowest BCUT2D eigenvalue weighted by Crippen LogP contribution is -2.37. The van der Waals surface area contributed by atoms with E-state index in [4.69, 9.17) is 9.57 Å². The van der Waals surface area contributed by atoms with E-state index in [1.54, 1.807) is 24.1 Å². The Labute approximate surface area is 180 Å². The van der Waals surface area contributed by atoms with Crippen LogP contribution in [-0.4, -0.2) is 36.3 Å². The fourth-order valence-electron chi connectivity index (χ4n) is 3.64. The van der Waals surface area contributed by atoms with Gasteiger partial charge in [-0.25, -0.2) is 4.39 Å². The summed E-state index contributed by atoms with van der Waals surface area (Å²) in [6, 6.07) is 23.2. The molecule has 3 aromatic carbocycles. The Morgan fingerprint density at radius 1 is 1.06 bits per heavy atom. The van der Waals surface area contributed by atoms with Crippen LogP contribution >= 0.6 is 0 Å². The molecule has 0 aromatic heterocycles. The molecule has 0 aliphatic carbocycles. The Bertz CT molecular complexity index is 1080. The van der Waals surface area contributed by atoms with Gasteiger partial charge in [0.25, 0.3) is 5.91 Å². The number of amides is 1. The predicted molar refractivity (Wildman–Crippen MR) is 117 cm³/mol. The Morgan fingerprint density at radius 3 is 2.55 bits per heavy atom. The van der Waals surface area contributed by atoms with Gasteiger partial charge in [-0.2, -0.15) is 0 Å². The molecule has 1 atom stereocenters. The van der Waals surface area contributed by atoms with Gasteiger partial charge in [-0.1, -0.05) is 59.8 Å². The van der Waals surface area contributed by atoms with Gasteiger partial charge < -0.3 is 14.5 Å². The monoisotopic (exact) mass is 418 g/mol. The van der Waals surface area contributed by atoms with E-state index in [1.165, 1.54) is 12.1 Å². The molecular weight excluding hydrogens is 395 g/mol. The molecule has 0 N–H and O–H groups in total. The minimum atomic E-state index is -0.538. The van der Waals surface area contributed by atoms with Crippen molar-refractivity contribution in [2.24, 2.45) is 5.16 Å². The lowest BCUT2D eigenvalue weighted by molar-refractivity contribution is 0.0402. The first-order chi connectivity index (χ1) is 15.2. The molecule has 1 amide bonds. The molecule has 158 valence electrons. The number of hydrogen-bond donors (Lipinski definition) is 0. The summed E-state index contributed by atoms with van der Waals surface area (Å²) in [4.78, 5) is 20.4. The van der Waals surface area contributed by atoms with Gasteiger partial charge in [-0.3, -0.25) is 4.79 Å². The van der Waals surface area contributed by atoms with E-state index in [0.29, 0.717) is 18.7 Å². The highest BCUT2D eigenvalue weighted by molar-refractivity contribution is 6.03. The van der Waals surface area contributed by atoms with E-state index >= 15 is 0 Å². The zero-order valence-corrected chi connectivity index (χ0v) is 17.2. The van der Waals surface area contributed by atoms with Crippen LogP contribution in [0.3, 0.4) is 0 Å². The fraction of sp³-hybridized carbons (Fsp3) is 0.200. The zero-order chi connectivity index (χ0) is 21.6. The molecule has 0 fully saturated rings. The Balaban J connectivity index is 1.53. The van der Waals surface area contributed by atoms with Crippen molar-refractivity contribution in [1.29, 1.82) is 0 Å². The molecule has 1 unspecified atom stereocenters. The summed E-state index contributed by atoms with van der Waals surface area (Å²) < 4.78 is 19.7. The number of rotatable bonds is 7. The molecule has 6 heteroatoms. The van der Waals surface area contributed by atoms with E-state index in [-0.39, 0.29) is 24.1 Å². The highest BCUT2D eigenvalue weighted by atomic mass is 19.1. The summed E-state index contributed by atoms with van der Waals surface area (Å²) in [7, 11) is 1.61. The maximum atomic E-state index is 14.3. The smallest absolute Gasteiger partial charge is 0.257 e. The number of carbonyl (C=O) groups excluding carboxylic acids is 1. The van der Waals surface area contributed by atoms with Gasteiger partial charge in [-0.05, 0) is 29.8 Å². The molecule has 31 heavy (non-hydrogen) atoms. The Kier molecular flexibility index (Phi) is 6.26. The SMILES string of the molecule is COc1ccccc1C1=NOC(CN(Cc2ccccc2)C(=O)c2ccccc2F)C1. The van der Waals surface area contributed by atoms with Crippen molar-refractivity contribution in [2.75, 3.05) is 13.7 Å². The molecule has 1 aliphatic rings. The number of oxime groups is 1. The molecular formula is C25H23FN2O3. The summed E-state index contributed by atoms with van der Waals surface area (Å²) >= 11 is 0. The standard InChI is InChI=1S/C25H23FN2O3/c1-30-24-14-8-6-12-21(24)23-15-19(31-27-23)17-28(16-18-9-3-2-4-10-18)25(29)20-11-5-7-13-22(20)26/h2-14,19H,15-17H2,1H3. The van der Waals surface area contributed by atoms with Gasteiger partial charge >= 0.3 is 0 Å². The summed E-state index contributed by atoms with van der Waals surface area (Å²) in [6.07, 6.45) is 0.190. The second-order valence-electron chi connectivity index (χ2n) is 7.32. The fourth-order valence-corrected chi connectivity index (χ4v) is 3.64. The maximum Gasteiger partial charge on any atom is 0.257 e. The lowest BCUT2D eigenvalue weighted by Gasteiger charge is -2.25. The van der Waals surface area contributed by atoms with Crippen LogP contribution in [-0.2, 0) is 11.4 Å². The number of methoxy groups -OCH3 is 1. The number of nitrogens with zero attached hydrogens (tertiary/aromatic N) is 2. The largest absolute Gasteiger partial charge is 0.496 e. The van der Waals surface area contributed by atoms with Crippen molar-refractivity contribution in [3.05, 3.63) is 101 Å². The molecule has 0 saturated carbocycles. The molecule has 0 bridgehead atoms. The average molecular weight is 418 g/mol. The number of carbonyl (C=O) groups is 1. The van der Waals surface area contributed by atoms with Gasteiger partial charge in [0.2, 0.25) is 0 Å². The molecule has 3 aromatic rings. The van der Waals surface area contributed by atoms with E-state index < -0.39 is 5.82 Å². The molecule has 0 saturated heterocycles. The average Bonchev–Trinajstić information content (AvgIpc) is 3.27. The number of ether oxygens (including phenoxy) is 1. The quantitative estimate of drug-likeness (QED) is 0.560. The first-order valence-corrected chi connectivity index (χ1v) is 10.1. The zero-order valence-electron chi connectivity index (χ0n) is 17.2. The van der Waals surface area contributed by atoms with Crippen molar-refractivity contribution < 1.29 is 18.8 Å². The van der Waals surface area contributed by atoms with Crippen LogP contribution in [0.1, 0.15) is 27.9 Å². The van der Waals surface area contributed by atoms with Crippen molar-refractivity contribution in [2.45, 2.75) is 19.1 Å². The van der Waals surface area contributed by atoms with Crippen LogP contribution in [0.5, 0.6) is 5.75 Å². The van der Waals surface area contributed by atoms with Crippen molar-refractivity contribution in [3.63, 3.8) is 0 Å². The molecule has 5 nitrogen and oxygen atoms in total. The van der Waals surface area contributed by atoms with Crippen LogP contribution in [0.4, 0.5) is 4.39 Å². The molecule has 1 aliphatic heterocycles. The Hall–Kier alpha value is -3.67.